The topological polar surface area (TPSA) is 90.1 Å². The molecule has 2 heterocycles. The normalized spacial score (nSPS) is 16.2. The fourth-order valence-corrected chi connectivity index (χ4v) is 3.04. The average Bonchev–Trinajstić information content (AvgIpc) is 2.88. The number of carbonyl (C=O) groups excluding carboxylic acids is 2. The maximum atomic E-state index is 12.7. The molecule has 3 N–H and O–H groups in total. The van der Waals surface area contributed by atoms with Gasteiger partial charge in [0.1, 0.15) is 0 Å². The third kappa shape index (κ3) is 4.96. The predicted octanol–water partition coefficient (Wildman–Crippen LogP) is 2.54. The van der Waals surface area contributed by atoms with Crippen LogP contribution >= 0.6 is 0 Å². The zero-order chi connectivity index (χ0) is 18.8. The van der Waals surface area contributed by atoms with E-state index in [1.165, 1.54) is 0 Å². The number of urea groups is 1. The summed E-state index contributed by atoms with van der Waals surface area (Å²) in [5, 5.41) is 13.2. The van der Waals surface area contributed by atoms with Crippen LogP contribution in [0.3, 0.4) is 0 Å². The van der Waals surface area contributed by atoms with Crippen LogP contribution in [0.5, 0.6) is 0 Å². The lowest BCUT2D eigenvalue weighted by atomic mass is 10.0. The Morgan fingerprint density at radius 3 is 2.36 bits per heavy atom. The number of nitrogens with zero attached hydrogens (tertiary/aromatic N) is 2. The number of aromatic nitrogens is 2. The summed E-state index contributed by atoms with van der Waals surface area (Å²) >= 11 is 0. The molecule has 1 aliphatic heterocycles. The highest BCUT2D eigenvalue weighted by molar-refractivity contribution is 5.96. The molecule has 0 bridgehead atoms. The first kappa shape index (κ1) is 19.3. The van der Waals surface area contributed by atoms with Gasteiger partial charge < -0.3 is 15.5 Å². The minimum atomic E-state index is -0.242. The van der Waals surface area contributed by atoms with Crippen LogP contribution in [0.2, 0.25) is 0 Å². The van der Waals surface area contributed by atoms with E-state index in [0.717, 1.165) is 24.2 Å². The Labute approximate surface area is 149 Å². The zero-order valence-corrected chi connectivity index (χ0v) is 16.2. The Hall–Kier alpha value is -2.05. The Morgan fingerprint density at radius 2 is 1.84 bits per heavy atom. The quantitative estimate of drug-likeness (QED) is 0.783. The smallest absolute Gasteiger partial charge is 0.317 e. The molecule has 0 unspecified atom stereocenters. The summed E-state index contributed by atoms with van der Waals surface area (Å²) in [5.74, 6) is 0.112. The SMILES string of the molecule is Cc1[nH]nc(C(C)C)c1C(=O)NC1CCN(C(=O)NC(C)(C)C)CC1. The van der Waals surface area contributed by atoms with Crippen molar-refractivity contribution in [3.63, 3.8) is 0 Å². The molecule has 1 aromatic heterocycles. The first-order chi connectivity index (χ1) is 11.6. The highest BCUT2D eigenvalue weighted by Gasteiger charge is 2.28. The number of hydrogen-bond donors (Lipinski definition) is 3. The number of aromatic amines is 1. The van der Waals surface area contributed by atoms with Gasteiger partial charge in [0.05, 0.1) is 11.3 Å². The molecule has 1 aliphatic rings. The third-order valence-corrected chi connectivity index (χ3v) is 4.35. The Balaban J connectivity index is 1.91. The molecule has 25 heavy (non-hydrogen) atoms. The average molecular weight is 349 g/mol. The van der Waals surface area contributed by atoms with Gasteiger partial charge in [0.25, 0.3) is 5.91 Å². The summed E-state index contributed by atoms with van der Waals surface area (Å²) in [6.45, 7) is 13.1. The van der Waals surface area contributed by atoms with E-state index in [1.54, 1.807) is 0 Å². The molecule has 7 heteroatoms. The van der Waals surface area contributed by atoms with E-state index < -0.39 is 0 Å². The van der Waals surface area contributed by atoms with Gasteiger partial charge in [-0.05, 0) is 46.5 Å². The number of carbonyl (C=O) groups is 2. The molecule has 3 amide bonds. The Kier molecular flexibility index (Phi) is 5.75. The van der Waals surface area contributed by atoms with E-state index >= 15 is 0 Å². The molecule has 0 atom stereocenters. The van der Waals surface area contributed by atoms with Gasteiger partial charge in [-0.3, -0.25) is 9.89 Å². The predicted molar refractivity (Wildman–Crippen MR) is 97.8 cm³/mol. The van der Waals surface area contributed by atoms with Crippen molar-refractivity contribution in [2.75, 3.05) is 13.1 Å². The molecule has 7 nitrogen and oxygen atoms in total. The van der Waals surface area contributed by atoms with Gasteiger partial charge in [0.15, 0.2) is 0 Å². The monoisotopic (exact) mass is 349 g/mol. The second-order valence-corrected chi connectivity index (χ2v) is 8.18. The molecule has 1 aromatic rings. The lowest BCUT2D eigenvalue weighted by Gasteiger charge is -2.34. The minimum absolute atomic E-state index is 0.0370. The molecule has 0 aromatic carbocycles. The van der Waals surface area contributed by atoms with Crippen LogP contribution in [0.4, 0.5) is 4.79 Å². The molecule has 0 spiro atoms. The maximum Gasteiger partial charge on any atom is 0.317 e. The molecule has 1 saturated heterocycles. The van der Waals surface area contributed by atoms with Crippen LogP contribution in [0.1, 0.15) is 75.1 Å². The number of piperidine rings is 1. The summed E-state index contributed by atoms with van der Waals surface area (Å²) in [6, 6.07) is 0.0468. The van der Waals surface area contributed by atoms with Crippen molar-refractivity contribution in [2.45, 2.75) is 71.9 Å². The fraction of sp³-hybridized carbons (Fsp3) is 0.722. The van der Waals surface area contributed by atoms with E-state index in [9.17, 15) is 9.59 Å². The Morgan fingerprint density at radius 1 is 1.24 bits per heavy atom. The molecule has 0 saturated carbocycles. The van der Waals surface area contributed by atoms with Gasteiger partial charge in [0.2, 0.25) is 0 Å². The highest BCUT2D eigenvalue weighted by Crippen LogP contribution is 2.20. The molecular formula is C18H31N5O2. The van der Waals surface area contributed by atoms with Crippen molar-refractivity contribution < 1.29 is 9.59 Å². The first-order valence-electron chi connectivity index (χ1n) is 9.01. The van der Waals surface area contributed by atoms with E-state index in [4.69, 9.17) is 0 Å². The van der Waals surface area contributed by atoms with Crippen molar-refractivity contribution in [1.82, 2.24) is 25.7 Å². The van der Waals surface area contributed by atoms with Crippen molar-refractivity contribution in [3.05, 3.63) is 17.0 Å². The van der Waals surface area contributed by atoms with Gasteiger partial charge in [0, 0.05) is 30.4 Å². The second-order valence-electron chi connectivity index (χ2n) is 8.18. The number of hydrogen-bond acceptors (Lipinski definition) is 3. The van der Waals surface area contributed by atoms with Crippen LogP contribution in [0.25, 0.3) is 0 Å². The first-order valence-corrected chi connectivity index (χ1v) is 9.01. The van der Waals surface area contributed by atoms with Crippen molar-refractivity contribution >= 4 is 11.9 Å². The number of aryl methyl sites for hydroxylation is 1. The number of likely N-dealkylation sites (tertiary alicyclic amines) is 1. The molecule has 140 valence electrons. The van der Waals surface area contributed by atoms with Crippen LogP contribution in [0, 0.1) is 6.92 Å². The lowest BCUT2D eigenvalue weighted by Crippen LogP contribution is -2.53. The van der Waals surface area contributed by atoms with Gasteiger partial charge in [-0.2, -0.15) is 5.10 Å². The minimum Gasteiger partial charge on any atom is -0.349 e. The standard InChI is InChI=1S/C18H31N5O2/c1-11(2)15-14(12(3)21-22-15)16(24)19-13-7-9-23(10-8-13)17(25)20-18(4,5)6/h11,13H,7-10H2,1-6H3,(H,19,24)(H,20,25)(H,21,22). The van der Waals surface area contributed by atoms with Crippen LogP contribution in [-0.2, 0) is 0 Å². The summed E-state index contributed by atoms with van der Waals surface area (Å²) in [4.78, 5) is 26.7. The molecular weight excluding hydrogens is 318 g/mol. The Bertz CT molecular complexity index is 622. The number of amides is 3. The third-order valence-electron chi connectivity index (χ3n) is 4.35. The van der Waals surface area contributed by atoms with Crippen molar-refractivity contribution in [2.24, 2.45) is 0 Å². The van der Waals surface area contributed by atoms with Crippen LogP contribution in [-0.4, -0.2) is 51.7 Å². The van der Waals surface area contributed by atoms with E-state index in [2.05, 4.69) is 20.8 Å². The fourth-order valence-electron chi connectivity index (χ4n) is 3.04. The van der Waals surface area contributed by atoms with E-state index in [1.807, 2.05) is 46.4 Å². The number of nitrogens with one attached hydrogen (secondary N) is 3. The zero-order valence-electron chi connectivity index (χ0n) is 16.2. The van der Waals surface area contributed by atoms with E-state index in [0.29, 0.717) is 18.7 Å². The summed E-state index contributed by atoms with van der Waals surface area (Å²) in [5.41, 5.74) is 2.01. The molecule has 0 aliphatic carbocycles. The van der Waals surface area contributed by atoms with Crippen LogP contribution < -0.4 is 10.6 Å². The molecule has 2 rings (SSSR count). The summed E-state index contributed by atoms with van der Waals surface area (Å²) < 4.78 is 0. The van der Waals surface area contributed by atoms with Gasteiger partial charge in [-0.1, -0.05) is 13.8 Å². The number of rotatable bonds is 3. The molecule has 1 fully saturated rings. The van der Waals surface area contributed by atoms with Crippen LogP contribution in [0.15, 0.2) is 0 Å². The van der Waals surface area contributed by atoms with Gasteiger partial charge in [-0.25, -0.2) is 4.79 Å². The maximum absolute atomic E-state index is 12.7. The largest absolute Gasteiger partial charge is 0.349 e. The van der Waals surface area contributed by atoms with Crippen molar-refractivity contribution in [1.29, 1.82) is 0 Å². The highest BCUT2D eigenvalue weighted by atomic mass is 16.2. The molecule has 0 radical (unpaired) electrons. The summed E-state index contributed by atoms with van der Waals surface area (Å²) in [7, 11) is 0. The van der Waals surface area contributed by atoms with Gasteiger partial charge in [-0.15, -0.1) is 0 Å². The summed E-state index contributed by atoms with van der Waals surface area (Å²) in [6.07, 6.45) is 1.52. The number of H-pyrrole nitrogens is 1. The second kappa shape index (κ2) is 7.45. The lowest BCUT2D eigenvalue weighted by molar-refractivity contribution is 0.0915. The van der Waals surface area contributed by atoms with Crippen molar-refractivity contribution in [3.8, 4) is 0 Å². The van der Waals surface area contributed by atoms with E-state index in [-0.39, 0.29) is 29.4 Å². The van der Waals surface area contributed by atoms with Gasteiger partial charge >= 0.3 is 6.03 Å².